The molecule has 1 aromatic heterocycles. The highest BCUT2D eigenvalue weighted by Crippen LogP contribution is 2.37. The number of nitro groups is 1. The average Bonchev–Trinajstić information content (AvgIpc) is 2.98. The van der Waals surface area contributed by atoms with Gasteiger partial charge in [-0.05, 0) is 24.3 Å². The number of aliphatic hydroxyl groups is 1. The van der Waals surface area contributed by atoms with Crippen molar-refractivity contribution in [2.45, 2.75) is 66.6 Å². The lowest BCUT2D eigenvalue weighted by atomic mass is 9.73. The molecule has 0 saturated carbocycles. The Labute approximate surface area is 153 Å². The summed E-state index contributed by atoms with van der Waals surface area (Å²) in [4.78, 5) is 22.3. The van der Waals surface area contributed by atoms with Crippen molar-refractivity contribution in [1.82, 2.24) is 0 Å². The number of carbonyl (C=O) groups is 1. The Morgan fingerprint density at radius 2 is 1.92 bits per heavy atom. The molecule has 2 unspecified atom stereocenters. The van der Waals surface area contributed by atoms with E-state index in [0.29, 0.717) is 12.8 Å². The lowest BCUT2D eigenvalue weighted by Gasteiger charge is -2.35. The maximum absolute atomic E-state index is 12.3. The van der Waals surface area contributed by atoms with Crippen molar-refractivity contribution >= 4 is 11.9 Å². The van der Waals surface area contributed by atoms with Crippen LogP contribution < -0.4 is 0 Å². The third kappa shape index (κ3) is 6.52. The summed E-state index contributed by atoms with van der Waals surface area (Å²) in [6.45, 7) is 11.8. The van der Waals surface area contributed by atoms with E-state index in [1.807, 2.05) is 13.8 Å². The van der Waals surface area contributed by atoms with Crippen LogP contribution in [0.5, 0.6) is 0 Å². The fourth-order valence-corrected chi connectivity index (χ4v) is 2.82. The van der Waals surface area contributed by atoms with E-state index in [4.69, 9.17) is 9.15 Å². The van der Waals surface area contributed by atoms with Crippen molar-refractivity contribution in [1.29, 1.82) is 0 Å². The Morgan fingerprint density at radius 1 is 1.31 bits per heavy atom. The molecule has 1 aromatic rings. The Hall–Kier alpha value is -2.33. The predicted octanol–water partition coefficient (Wildman–Crippen LogP) is 3.95. The van der Waals surface area contributed by atoms with Gasteiger partial charge in [0.05, 0.1) is 6.07 Å². The molecule has 2 atom stereocenters. The number of furan rings is 1. The summed E-state index contributed by atoms with van der Waals surface area (Å²) in [5, 5.41) is 20.4. The van der Waals surface area contributed by atoms with Crippen LogP contribution in [0.2, 0.25) is 0 Å². The summed E-state index contributed by atoms with van der Waals surface area (Å²) in [7, 11) is 0. The Morgan fingerprint density at radius 3 is 2.38 bits per heavy atom. The minimum absolute atomic E-state index is 0.0390. The summed E-state index contributed by atoms with van der Waals surface area (Å²) in [5.74, 6) is 3.92. The summed E-state index contributed by atoms with van der Waals surface area (Å²) >= 11 is 0. The fraction of sp³-hybridized carbons (Fsp3) is 0.632. The number of hydrogen-bond acceptors (Lipinski definition) is 6. The van der Waals surface area contributed by atoms with E-state index in [-0.39, 0.29) is 11.2 Å². The van der Waals surface area contributed by atoms with Crippen LogP contribution >= 0.6 is 0 Å². The quantitative estimate of drug-likeness (QED) is 0.354. The van der Waals surface area contributed by atoms with Gasteiger partial charge < -0.3 is 14.3 Å². The molecule has 144 valence electrons. The molecule has 0 fully saturated rings. The largest absolute Gasteiger partial charge is 0.443 e. The number of rotatable bonds is 6. The van der Waals surface area contributed by atoms with Crippen LogP contribution in [0.3, 0.4) is 0 Å². The monoisotopic (exact) mass is 365 g/mol. The first kappa shape index (κ1) is 21.7. The normalized spacial score (nSPS) is 14.1. The minimum atomic E-state index is -0.828. The molecule has 1 N–H and O–H groups in total. The van der Waals surface area contributed by atoms with E-state index in [9.17, 15) is 20.0 Å². The van der Waals surface area contributed by atoms with E-state index < -0.39 is 34.4 Å². The number of ether oxygens (including phenoxy) is 1. The highest BCUT2D eigenvalue weighted by Gasteiger charge is 2.36. The van der Waals surface area contributed by atoms with E-state index in [0.717, 1.165) is 6.07 Å². The molecule has 0 bridgehead atoms. The van der Waals surface area contributed by atoms with Gasteiger partial charge in [0.1, 0.15) is 11.0 Å². The van der Waals surface area contributed by atoms with Gasteiger partial charge >= 0.3 is 11.9 Å². The molecule has 7 nitrogen and oxygen atoms in total. The van der Waals surface area contributed by atoms with E-state index in [1.165, 1.54) is 6.07 Å². The van der Waals surface area contributed by atoms with Crippen molar-refractivity contribution in [3.63, 3.8) is 0 Å². The third-order valence-electron chi connectivity index (χ3n) is 3.66. The van der Waals surface area contributed by atoms with Crippen LogP contribution in [0, 0.1) is 32.8 Å². The minimum Gasteiger partial charge on any atom is -0.443 e. The summed E-state index contributed by atoms with van der Waals surface area (Å²) in [6, 6.07) is 2.29. The maximum Gasteiger partial charge on any atom is 0.433 e. The Bertz CT molecular complexity index is 702. The van der Waals surface area contributed by atoms with E-state index in [1.54, 1.807) is 6.92 Å². The molecule has 1 rings (SSSR count). The van der Waals surface area contributed by atoms with Gasteiger partial charge in [-0.2, -0.15) is 0 Å². The van der Waals surface area contributed by atoms with Crippen molar-refractivity contribution < 1.29 is 24.0 Å². The number of carbonyl (C=O) groups excluding carboxylic acids is 1. The molecule has 0 aliphatic carbocycles. The van der Waals surface area contributed by atoms with Gasteiger partial charge in [-0.1, -0.05) is 53.4 Å². The first-order valence-corrected chi connectivity index (χ1v) is 8.50. The lowest BCUT2D eigenvalue weighted by Crippen LogP contribution is -2.36. The fourth-order valence-electron chi connectivity index (χ4n) is 2.82. The molecule has 1 heterocycles. The van der Waals surface area contributed by atoms with Crippen LogP contribution in [0.25, 0.3) is 0 Å². The second kappa shape index (κ2) is 8.37. The number of nitrogens with zero attached hydrogens (tertiary/aromatic N) is 1. The van der Waals surface area contributed by atoms with Crippen molar-refractivity contribution in [2.24, 2.45) is 10.8 Å². The van der Waals surface area contributed by atoms with Gasteiger partial charge in [0.25, 0.3) is 0 Å². The zero-order chi connectivity index (χ0) is 20.1. The molecule has 0 spiro atoms. The van der Waals surface area contributed by atoms with Crippen molar-refractivity contribution in [3.05, 3.63) is 28.0 Å². The van der Waals surface area contributed by atoms with Crippen molar-refractivity contribution in [2.75, 3.05) is 0 Å². The van der Waals surface area contributed by atoms with Gasteiger partial charge in [0.15, 0.2) is 6.10 Å². The van der Waals surface area contributed by atoms with Crippen molar-refractivity contribution in [3.8, 4) is 11.8 Å². The van der Waals surface area contributed by atoms with Gasteiger partial charge in [-0.25, -0.2) is 4.79 Å². The standard InChI is InChI=1S/C19H27NO6/c1-7-13(21)8-10-15(19(5,6)12-18(2,3)4)26-17(22)14-9-11-16(25-14)20(23)24/h9,11,13,15,21H,7,12H2,1-6H3. The molecule has 7 heteroatoms. The Balaban J connectivity index is 3.08. The maximum atomic E-state index is 12.3. The topological polar surface area (TPSA) is 103 Å². The number of esters is 1. The first-order valence-electron chi connectivity index (χ1n) is 8.50. The summed E-state index contributed by atoms with van der Waals surface area (Å²) in [6.07, 6.45) is -0.462. The zero-order valence-electron chi connectivity index (χ0n) is 16.2. The molecule has 0 radical (unpaired) electrons. The SMILES string of the molecule is CCC(O)C#CC(OC(=O)c1ccc([N+](=O)[O-])o1)C(C)(C)CC(C)(C)C. The molecule has 0 amide bonds. The summed E-state index contributed by atoms with van der Waals surface area (Å²) < 4.78 is 10.4. The van der Waals surface area contributed by atoms with Crippen LogP contribution in [0.4, 0.5) is 5.88 Å². The first-order chi connectivity index (χ1) is 11.9. The molecule has 0 aliphatic heterocycles. The smallest absolute Gasteiger partial charge is 0.433 e. The van der Waals surface area contributed by atoms with Gasteiger partial charge in [-0.3, -0.25) is 10.1 Å². The average molecular weight is 365 g/mol. The van der Waals surface area contributed by atoms with Gasteiger partial charge in [-0.15, -0.1) is 0 Å². The second-order valence-electron chi connectivity index (χ2n) is 8.12. The molecule has 0 aromatic carbocycles. The number of aliphatic hydroxyl groups excluding tert-OH is 1. The number of hydrogen-bond donors (Lipinski definition) is 1. The Kier molecular flexibility index (Phi) is 6.99. The van der Waals surface area contributed by atoms with Crippen LogP contribution in [-0.4, -0.2) is 28.2 Å². The predicted molar refractivity (Wildman–Crippen MR) is 96.5 cm³/mol. The molecular weight excluding hydrogens is 338 g/mol. The zero-order valence-corrected chi connectivity index (χ0v) is 16.2. The van der Waals surface area contributed by atoms with E-state index in [2.05, 4.69) is 32.6 Å². The molecule has 0 aliphatic rings. The molecule has 26 heavy (non-hydrogen) atoms. The molecule has 0 saturated heterocycles. The second-order valence-corrected chi connectivity index (χ2v) is 8.12. The highest BCUT2D eigenvalue weighted by molar-refractivity contribution is 5.87. The molecular formula is C19H27NO6. The van der Waals surface area contributed by atoms with Gasteiger partial charge in [0, 0.05) is 5.41 Å². The van der Waals surface area contributed by atoms with E-state index >= 15 is 0 Å². The van der Waals surface area contributed by atoms with Crippen LogP contribution in [0.15, 0.2) is 16.5 Å². The lowest BCUT2D eigenvalue weighted by molar-refractivity contribution is -0.402. The third-order valence-corrected chi connectivity index (χ3v) is 3.66. The van der Waals surface area contributed by atoms with Gasteiger partial charge in [0.2, 0.25) is 5.76 Å². The summed E-state index contributed by atoms with van der Waals surface area (Å²) in [5.41, 5.74) is -0.546. The highest BCUT2D eigenvalue weighted by atomic mass is 16.7. The van der Waals surface area contributed by atoms with Crippen LogP contribution in [0.1, 0.15) is 64.9 Å². The van der Waals surface area contributed by atoms with Crippen LogP contribution in [-0.2, 0) is 4.74 Å².